The number of ether oxygens (including phenoxy) is 1. The highest BCUT2D eigenvalue weighted by Gasteiger charge is 2.23. The molecule has 126 valence electrons. The Morgan fingerprint density at radius 2 is 1.96 bits per heavy atom. The van der Waals surface area contributed by atoms with Crippen molar-refractivity contribution >= 4 is 17.3 Å². The van der Waals surface area contributed by atoms with E-state index in [1.165, 1.54) is 6.07 Å². The molecular weight excluding hydrogens is 314 g/mol. The molecule has 24 heavy (non-hydrogen) atoms. The molecule has 0 aliphatic carbocycles. The van der Waals surface area contributed by atoms with Gasteiger partial charge in [-0.05, 0) is 54.3 Å². The number of anilines is 2. The Morgan fingerprint density at radius 3 is 2.67 bits per heavy atom. The van der Waals surface area contributed by atoms with E-state index in [9.17, 15) is 13.6 Å². The predicted octanol–water partition coefficient (Wildman–Crippen LogP) is 3.39. The van der Waals surface area contributed by atoms with Crippen LogP contribution < -0.4 is 15.4 Å². The molecule has 0 spiro atoms. The van der Waals surface area contributed by atoms with E-state index in [0.717, 1.165) is 29.7 Å². The highest BCUT2D eigenvalue weighted by atomic mass is 19.3. The van der Waals surface area contributed by atoms with E-state index in [1.54, 1.807) is 29.2 Å². The van der Waals surface area contributed by atoms with Crippen molar-refractivity contribution in [2.24, 2.45) is 0 Å². The van der Waals surface area contributed by atoms with Gasteiger partial charge < -0.3 is 15.4 Å². The first kappa shape index (κ1) is 16.2. The molecule has 0 bridgehead atoms. The standard InChI is InChI=1S/C18H18F2N2O2/c19-18(20)24-15-7-8-16-13(11-15)2-1-9-22(16)17(23)10-12-3-5-14(21)6-4-12/h3-8,11,18H,1-2,9-10,21H2. The normalized spacial score (nSPS) is 13.7. The molecule has 2 N–H and O–H groups in total. The Hall–Kier alpha value is -2.63. The van der Waals surface area contributed by atoms with Crippen LogP contribution in [0.4, 0.5) is 20.2 Å². The van der Waals surface area contributed by atoms with Crippen LogP contribution in [-0.2, 0) is 17.6 Å². The van der Waals surface area contributed by atoms with Crippen LogP contribution in [0, 0.1) is 0 Å². The summed E-state index contributed by atoms with van der Waals surface area (Å²) in [6.45, 7) is -2.23. The van der Waals surface area contributed by atoms with Crippen molar-refractivity contribution in [1.82, 2.24) is 0 Å². The molecular formula is C18H18F2N2O2. The lowest BCUT2D eigenvalue weighted by Crippen LogP contribution is -2.36. The van der Waals surface area contributed by atoms with Crippen molar-refractivity contribution in [3.63, 3.8) is 0 Å². The highest BCUT2D eigenvalue weighted by Crippen LogP contribution is 2.31. The second-order valence-corrected chi connectivity index (χ2v) is 5.74. The first-order valence-corrected chi connectivity index (χ1v) is 7.75. The topological polar surface area (TPSA) is 55.6 Å². The summed E-state index contributed by atoms with van der Waals surface area (Å²) in [7, 11) is 0. The number of carbonyl (C=O) groups is 1. The van der Waals surface area contributed by atoms with Gasteiger partial charge in [-0.15, -0.1) is 0 Å². The fourth-order valence-corrected chi connectivity index (χ4v) is 2.91. The molecule has 0 atom stereocenters. The van der Waals surface area contributed by atoms with Crippen LogP contribution in [0.15, 0.2) is 42.5 Å². The van der Waals surface area contributed by atoms with Gasteiger partial charge in [-0.1, -0.05) is 12.1 Å². The third-order valence-electron chi connectivity index (χ3n) is 4.03. The molecule has 0 aromatic heterocycles. The summed E-state index contributed by atoms with van der Waals surface area (Å²) in [5.74, 6) is 0.0971. The number of nitrogen functional groups attached to an aromatic ring is 1. The number of amides is 1. The van der Waals surface area contributed by atoms with E-state index >= 15 is 0 Å². The van der Waals surface area contributed by atoms with Gasteiger partial charge in [0.25, 0.3) is 0 Å². The summed E-state index contributed by atoms with van der Waals surface area (Å²) in [5.41, 5.74) is 8.81. The molecule has 2 aromatic rings. The van der Waals surface area contributed by atoms with Crippen LogP contribution in [0.1, 0.15) is 17.5 Å². The number of carbonyl (C=O) groups excluding carboxylic acids is 1. The third-order valence-corrected chi connectivity index (χ3v) is 4.03. The van der Waals surface area contributed by atoms with Crippen LogP contribution in [-0.4, -0.2) is 19.1 Å². The number of hydrogen-bond donors (Lipinski definition) is 1. The maximum Gasteiger partial charge on any atom is 0.387 e. The van der Waals surface area contributed by atoms with E-state index in [0.29, 0.717) is 12.2 Å². The number of fused-ring (bicyclic) bond motifs is 1. The largest absolute Gasteiger partial charge is 0.435 e. The lowest BCUT2D eigenvalue weighted by molar-refractivity contribution is -0.118. The number of nitrogens with zero attached hydrogens (tertiary/aromatic N) is 1. The Morgan fingerprint density at radius 1 is 1.21 bits per heavy atom. The summed E-state index contributed by atoms with van der Waals surface area (Å²) in [5, 5.41) is 0. The molecule has 0 unspecified atom stereocenters. The molecule has 4 nitrogen and oxygen atoms in total. The van der Waals surface area contributed by atoms with Crippen molar-refractivity contribution in [3.8, 4) is 5.75 Å². The van der Waals surface area contributed by atoms with Gasteiger partial charge in [0.15, 0.2) is 0 Å². The molecule has 0 saturated heterocycles. The zero-order valence-corrected chi connectivity index (χ0v) is 13.0. The number of hydrogen-bond acceptors (Lipinski definition) is 3. The van der Waals surface area contributed by atoms with Crippen LogP contribution in [0.5, 0.6) is 5.75 Å². The van der Waals surface area contributed by atoms with E-state index in [-0.39, 0.29) is 18.1 Å². The molecule has 0 fully saturated rings. The number of nitrogens with two attached hydrogens (primary N) is 1. The summed E-state index contributed by atoms with van der Waals surface area (Å²) < 4.78 is 29.1. The van der Waals surface area contributed by atoms with Gasteiger partial charge in [-0.3, -0.25) is 4.79 Å². The lowest BCUT2D eigenvalue weighted by Gasteiger charge is -2.30. The number of aryl methyl sites for hydroxylation is 1. The fourth-order valence-electron chi connectivity index (χ4n) is 2.91. The first-order chi connectivity index (χ1) is 11.5. The van der Waals surface area contributed by atoms with Crippen LogP contribution >= 0.6 is 0 Å². The second-order valence-electron chi connectivity index (χ2n) is 5.74. The summed E-state index contributed by atoms with van der Waals surface area (Å²) in [6.07, 6.45) is 1.80. The van der Waals surface area contributed by atoms with Crippen LogP contribution in [0.25, 0.3) is 0 Å². The fraction of sp³-hybridized carbons (Fsp3) is 0.278. The molecule has 0 radical (unpaired) electrons. The van der Waals surface area contributed by atoms with Gasteiger partial charge in [0.2, 0.25) is 5.91 Å². The smallest absolute Gasteiger partial charge is 0.387 e. The average Bonchev–Trinajstić information content (AvgIpc) is 2.55. The monoisotopic (exact) mass is 332 g/mol. The molecule has 3 rings (SSSR count). The van der Waals surface area contributed by atoms with Crippen molar-refractivity contribution in [1.29, 1.82) is 0 Å². The van der Waals surface area contributed by atoms with Crippen molar-refractivity contribution < 1.29 is 18.3 Å². The Balaban J connectivity index is 1.78. The Kier molecular flexibility index (Phi) is 4.64. The molecule has 6 heteroatoms. The molecule has 1 amide bonds. The van der Waals surface area contributed by atoms with E-state index in [2.05, 4.69) is 4.74 Å². The summed E-state index contributed by atoms with van der Waals surface area (Å²) >= 11 is 0. The zero-order chi connectivity index (χ0) is 17.1. The van der Waals surface area contributed by atoms with Gasteiger partial charge in [0.1, 0.15) is 5.75 Å². The lowest BCUT2D eigenvalue weighted by atomic mass is 10.0. The van der Waals surface area contributed by atoms with Gasteiger partial charge >= 0.3 is 6.61 Å². The minimum absolute atomic E-state index is 0.0248. The summed E-state index contributed by atoms with van der Waals surface area (Å²) in [6, 6.07) is 11.9. The molecule has 0 saturated carbocycles. The second kappa shape index (κ2) is 6.86. The van der Waals surface area contributed by atoms with Crippen LogP contribution in [0.2, 0.25) is 0 Å². The number of alkyl halides is 2. The van der Waals surface area contributed by atoms with Crippen molar-refractivity contribution in [2.45, 2.75) is 25.9 Å². The molecule has 2 aromatic carbocycles. The first-order valence-electron chi connectivity index (χ1n) is 7.75. The average molecular weight is 332 g/mol. The predicted molar refractivity (Wildman–Crippen MR) is 88.3 cm³/mol. The number of benzene rings is 2. The van der Waals surface area contributed by atoms with Gasteiger partial charge in [0, 0.05) is 17.9 Å². The summed E-state index contributed by atoms with van der Waals surface area (Å²) in [4.78, 5) is 14.3. The molecule has 1 aliphatic rings. The SMILES string of the molecule is Nc1ccc(CC(=O)N2CCCc3cc(OC(F)F)ccc32)cc1. The Bertz CT molecular complexity index is 732. The van der Waals surface area contributed by atoms with Crippen LogP contribution in [0.3, 0.4) is 0 Å². The van der Waals surface area contributed by atoms with Gasteiger partial charge in [-0.2, -0.15) is 8.78 Å². The minimum Gasteiger partial charge on any atom is -0.435 e. The maximum absolute atomic E-state index is 12.6. The Labute approximate surface area is 138 Å². The minimum atomic E-state index is -2.85. The van der Waals surface area contributed by atoms with Crippen molar-refractivity contribution in [3.05, 3.63) is 53.6 Å². The quantitative estimate of drug-likeness (QED) is 0.873. The van der Waals surface area contributed by atoms with E-state index in [1.807, 2.05) is 12.1 Å². The van der Waals surface area contributed by atoms with E-state index in [4.69, 9.17) is 5.73 Å². The van der Waals surface area contributed by atoms with Crippen molar-refractivity contribution in [2.75, 3.05) is 17.2 Å². The third kappa shape index (κ3) is 3.64. The zero-order valence-electron chi connectivity index (χ0n) is 13.0. The maximum atomic E-state index is 12.6. The number of halogens is 2. The van der Waals surface area contributed by atoms with E-state index < -0.39 is 6.61 Å². The number of rotatable bonds is 4. The van der Waals surface area contributed by atoms with Gasteiger partial charge in [-0.25, -0.2) is 0 Å². The molecule has 1 heterocycles. The highest BCUT2D eigenvalue weighted by molar-refractivity contribution is 5.96. The van der Waals surface area contributed by atoms with Gasteiger partial charge in [0.05, 0.1) is 6.42 Å². The molecule has 1 aliphatic heterocycles.